The summed E-state index contributed by atoms with van der Waals surface area (Å²) in [5.41, 5.74) is 2.21. The molecule has 2 rings (SSSR count). The molecule has 0 aliphatic rings. The molecule has 0 aliphatic heterocycles. The number of aryl methyl sites for hydroxylation is 2. The van der Waals surface area contributed by atoms with Crippen LogP contribution in [0.25, 0.3) is 0 Å². The highest BCUT2D eigenvalue weighted by Gasteiger charge is 2.10. The minimum Gasteiger partial charge on any atom is -0.485 e. The third-order valence-corrected chi connectivity index (χ3v) is 4.97. The first-order chi connectivity index (χ1) is 11.7. The molecule has 0 fully saturated rings. The molecule has 130 valence electrons. The average Bonchev–Trinajstić information content (AvgIpc) is 3.03. The van der Waals surface area contributed by atoms with Crippen LogP contribution in [0.1, 0.15) is 66.5 Å². The zero-order valence-electron chi connectivity index (χ0n) is 14.7. The van der Waals surface area contributed by atoms with Gasteiger partial charge in [-0.3, -0.25) is 4.79 Å². The number of carbonyl (C=O) groups excluding carboxylic acids is 1. The number of aromatic nitrogens is 1. The number of ketones is 1. The van der Waals surface area contributed by atoms with E-state index in [0.717, 1.165) is 17.9 Å². The van der Waals surface area contributed by atoms with Gasteiger partial charge in [0.15, 0.2) is 11.6 Å². The minimum absolute atomic E-state index is 0.0454. The topological polar surface area (TPSA) is 39.2 Å². The zero-order valence-corrected chi connectivity index (χ0v) is 15.5. The van der Waals surface area contributed by atoms with Crippen molar-refractivity contribution in [1.29, 1.82) is 0 Å². The van der Waals surface area contributed by atoms with E-state index in [1.54, 1.807) is 0 Å². The second-order valence-electron chi connectivity index (χ2n) is 6.17. The van der Waals surface area contributed by atoms with Crippen LogP contribution in [-0.2, 0) is 6.42 Å². The first-order valence-electron chi connectivity index (χ1n) is 8.86. The molecule has 4 heteroatoms. The summed E-state index contributed by atoms with van der Waals surface area (Å²) < 4.78 is 5.57. The first kappa shape index (κ1) is 18.7. The predicted molar refractivity (Wildman–Crippen MR) is 100 cm³/mol. The van der Waals surface area contributed by atoms with Gasteiger partial charge in [0.05, 0.1) is 0 Å². The lowest BCUT2D eigenvalue weighted by Gasteiger charge is -2.06. The van der Waals surface area contributed by atoms with Crippen molar-refractivity contribution in [3.63, 3.8) is 0 Å². The van der Waals surface area contributed by atoms with E-state index >= 15 is 0 Å². The Morgan fingerprint density at radius 3 is 2.46 bits per heavy atom. The highest BCUT2D eigenvalue weighted by atomic mass is 32.1. The fraction of sp³-hybridized carbons (Fsp3) is 0.500. The van der Waals surface area contributed by atoms with Gasteiger partial charge in [0.1, 0.15) is 5.75 Å². The predicted octanol–water partition coefficient (Wildman–Crippen LogP) is 5.62. The number of nitrogens with zero attached hydrogens (tertiary/aromatic N) is 1. The van der Waals surface area contributed by atoms with Gasteiger partial charge >= 0.3 is 0 Å². The van der Waals surface area contributed by atoms with Crippen molar-refractivity contribution in [2.24, 2.45) is 0 Å². The largest absolute Gasteiger partial charge is 0.485 e. The van der Waals surface area contributed by atoms with Gasteiger partial charge < -0.3 is 4.74 Å². The SMILES string of the molecule is CCCCCCCCc1ccc(OCC(=O)c2nc(C)cs2)cc1. The summed E-state index contributed by atoms with van der Waals surface area (Å²) in [7, 11) is 0. The van der Waals surface area contributed by atoms with Crippen molar-refractivity contribution in [2.45, 2.75) is 58.8 Å². The maximum atomic E-state index is 12.0. The van der Waals surface area contributed by atoms with E-state index in [2.05, 4.69) is 24.0 Å². The van der Waals surface area contributed by atoms with Crippen LogP contribution in [0.5, 0.6) is 5.75 Å². The van der Waals surface area contributed by atoms with Gasteiger partial charge in [0.25, 0.3) is 0 Å². The Labute approximate surface area is 149 Å². The Balaban J connectivity index is 1.69. The number of benzene rings is 1. The summed E-state index contributed by atoms with van der Waals surface area (Å²) in [6.07, 6.45) is 9.01. The fourth-order valence-corrected chi connectivity index (χ4v) is 3.28. The van der Waals surface area contributed by atoms with Crippen molar-refractivity contribution < 1.29 is 9.53 Å². The fourth-order valence-electron chi connectivity index (χ4n) is 2.55. The molecule has 0 radical (unpaired) electrons. The molecular formula is C20H27NO2S. The van der Waals surface area contributed by atoms with Crippen LogP contribution in [0.15, 0.2) is 29.6 Å². The Morgan fingerprint density at radius 2 is 1.79 bits per heavy atom. The maximum absolute atomic E-state index is 12.0. The minimum atomic E-state index is -0.0655. The van der Waals surface area contributed by atoms with E-state index in [4.69, 9.17) is 4.74 Å². The molecule has 3 nitrogen and oxygen atoms in total. The van der Waals surface area contributed by atoms with Crippen LogP contribution in [0.2, 0.25) is 0 Å². The molecule has 1 aromatic heterocycles. The van der Waals surface area contributed by atoms with Crippen LogP contribution < -0.4 is 4.74 Å². The summed E-state index contributed by atoms with van der Waals surface area (Å²) in [4.78, 5) is 16.2. The van der Waals surface area contributed by atoms with Crippen molar-refractivity contribution >= 4 is 17.1 Å². The summed E-state index contributed by atoms with van der Waals surface area (Å²) in [5.74, 6) is 0.674. The molecule has 0 atom stereocenters. The van der Waals surface area contributed by atoms with Crippen LogP contribution >= 0.6 is 11.3 Å². The van der Waals surface area contributed by atoms with E-state index in [1.807, 2.05) is 24.4 Å². The molecule has 24 heavy (non-hydrogen) atoms. The standard InChI is InChI=1S/C20H27NO2S/c1-3-4-5-6-7-8-9-17-10-12-18(13-11-17)23-14-19(22)20-21-16(2)15-24-20/h10-13,15H,3-9,14H2,1-2H3. The Bertz CT molecular complexity index is 619. The molecule has 0 amide bonds. The van der Waals surface area contributed by atoms with E-state index in [9.17, 15) is 4.79 Å². The number of Topliss-reactive ketones (excluding diaryl/α,β-unsaturated/α-hetero) is 1. The van der Waals surface area contributed by atoms with Gasteiger partial charge in [-0.05, 0) is 37.5 Å². The number of thiazole rings is 1. The van der Waals surface area contributed by atoms with Crippen molar-refractivity contribution in [1.82, 2.24) is 4.98 Å². The van der Waals surface area contributed by atoms with E-state index in [1.165, 1.54) is 55.4 Å². The molecule has 0 unspecified atom stereocenters. The molecule has 0 bridgehead atoms. The van der Waals surface area contributed by atoms with Crippen LogP contribution in [0, 0.1) is 6.92 Å². The monoisotopic (exact) mass is 345 g/mol. The summed E-state index contributed by atoms with van der Waals surface area (Å²) >= 11 is 1.37. The highest BCUT2D eigenvalue weighted by molar-refractivity contribution is 7.11. The Kier molecular flexibility index (Phi) is 7.96. The number of ether oxygens (including phenoxy) is 1. The third-order valence-electron chi connectivity index (χ3n) is 3.97. The average molecular weight is 346 g/mol. The lowest BCUT2D eigenvalue weighted by Crippen LogP contribution is -2.11. The van der Waals surface area contributed by atoms with Gasteiger partial charge in [0.2, 0.25) is 5.78 Å². The van der Waals surface area contributed by atoms with Gasteiger partial charge in [-0.2, -0.15) is 0 Å². The quantitative estimate of drug-likeness (QED) is 0.392. The van der Waals surface area contributed by atoms with Gasteiger partial charge in [0, 0.05) is 11.1 Å². The smallest absolute Gasteiger partial charge is 0.228 e. The van der Waals surface area contributed by atoms with E-state index in [-0.39, 0.29) is 12.4 Å². The van der Waals surface area contributed by atoms with Gasteiger partial charge in [-0.15, -0.1) is 11.3 Å². The van der Waals surface area contributed by atoms with Crippen LogP contribution in [0.4, 0.5) is 0 Å². The second kappa shape index (κ2) is 10.2. The molecule has 0 N–H and O–H groups in total. The van der Waals surface area contributed by atoms with Crippen LogP contribution in [0.3, 0.4) is 0 Å². The molecular weight excluding hydrogens is 318 g/mol. The molecule has 0 saturated carbocycles. The second-order valence-corrected chi connectivity index (χ2v) is 7.03. The van der Waals surface area contributed by atoms with E-state index in [0.29, 0.717) is 5.01 Å². The van der Waals surface area contributed by atoms with Crippen molar-refractivity contribution in [3.05, 3.63) is 45.9 Å². The molecule has 2 aromatic rings. The summed E-state index contributed by atoms with van der Waals surface area (Å²) in [6, 6.07) is 8.10. The molecule has 0 aliphatic carbocycles. The van der Waals surface area contributed by atoms with Crippen molar-refractivity contribution in [2.75, 3.05) is 6.61 Å². The lowest BCUT2D eigenvalue weighted by molar-refractivity contribution is 0.0921. The number of hydrogen-bond donors (Lipinski definition) is 0. The van der Waals surface area contributed by atoms with Crippen molar-refractivity contribution in [3.8, 4) is 5.75 Å². The lowest BCUT2D eigenvalue weighted by atomic mass is 10.0. The highest BCUT2D eigenvalue weighted by Crippen LogP contribution is 2.16. The molecule has 1 aromatic carbocycles. The first-order valence-corrected chi connectivity index (χ1v) is 9.74. The van der Waals surface area contributed by atoms with Crippen LogP contribution in [-0.4, -0.2) is 17.4 Å². The molecule has 0 saturated heterocycles. The third kappa shape index (κ3) is 6.44. The van der Waals surface area contributed by atoms with Gasteiger partial charge in [-0.25, -0.2) is 4.98 Å². The summed E-state index contributed by atoms with van der Waals surface area (Å²) in [5, 5.41) is 2.40. The number of rotatable bonds is 11. The Hall–Kier alpha value is -1.68. The van der Waals surface area contributed by atoms with Gasteiger partial charge in [-0.1, -0.05) is 51.2 Å². The zero-order chi connectivity index (χ0) is 17.2. The Morgan fingerprint density at radius 1 is 1.08 bits per heavy atom. The number of carbonyl (C=O) groups is 1. The molecule has 0 spiro atoms. The number of unbranched alkanes of at least 4 members (excludes halogenated alkanes) is 5. The summed E-state index contributed by atoms with van der Waals surface area (Å²) in [6.45, 7) is 4.18. The normalized spacial score (nSPS) is 10.8. The maximum Gasteiger partial charge on any atom is 0.228 e. The number of hydrogen-bond acceptors (Lipinski definition) is 4. The van der Waals surface area contributed by atoms with E-state index < -0.39 is 0 Å². The molecule has 1 heterocycles.